The standard InChI is InChI=1S/C10H10N2O2/c1-14-10-8-4-6(13)2-3-7(8)9(11)5-12-10/h2-5,13H,11H2,1H3. The van der Waals surface area contributed by atoms with Crippen LogP contribution in [0.15, 0.2) is 24.4 Å². The minimum absolute atomic E-state index is 0.170. The molecule has 4 heteroatoms. The third kappa shape index (κ3) is 1.21. The van der Waals surface area contributed by atoms with Crippen LogP contribution in [0, 0.1) is 0 Å². The fraction of sp³-hybridized carbons (Fsp3) is 0.100. The first-order chi connectivity index (χ1) is 6.72. The average Bonchev–Trinajstić information content (AvgIpc) is 2.18. The van der Waals surface area contributed by atoms with E-state index in [4.69, 9.17) is 10.5 Å². The lowest BCUT2D eigenvalue weighted by molar-refractivity contribution is 0.403. The summed E-state index contributed by atoms with van der Waals surface area (Å²) in [5.74, 6) is 0.633. The molecule has 0 amide bonds. The van der Waals surface area contributed by atoms with Crippen molar-refractivity contribution in [1.29, 1.82) is 0 Å². The SMILES string of the molecule is COc1ncc(N)c2ccc(O)cc12. The van der Waals surface area contributed by atoms with Crippen molar-refractivity contribution in [3.63, 3.8) is 0 Å². The number of aromatic hydroxyl groups is 1. The van der Waals surface area contributed by atoms with Gasteiger partial charge in [0.1, 0.15) is 5.75 Å². The molecule has 14 heavy (non-hydrogen) atoms. The third-order valence-electron chi connectivity index (χ3n) is 2.06. The summed E-state index contributed by atoms with van der Waals surface area (Å²) >= 11 is 0. The Labute approximate surface area is 80.9 Å². The van der Waals surface area contributed by atoms with E-state index in [0.29, 0.717) is 17.0 Å². The molecule has 4 nitrogen and oxygen atoms in total. The molecule has 3 N–H and O–H groups in total. The summed E-state index contributed by atoms with van der Waals surface area (Å²) in [6, 6.07) is 4.90. The van der Waals surface area contributed by atoms with E-state index in [2.05, 4.69) is 4.98 Å². The van der Waals surface area contributed by atoms with E-state index in [1.807, 2.05) is 0 Å². The van der Waals surface area contributed by atoms with Crippen molar-refractivity contribution in [3.05, 3.63) is 24.4 Å². The van der Waals surface area contributed by atoms with Crippen LogP contribution < -0.4 is 10.5 Å². The maximum absolute atomic E-state index is 9.32. The number of anilines is 1. The molecule has 0 spiro atoms. The number of ether oxygens (including phenoxy) is 1. The van der Waals surface area contributed by atoms with Gasteiger partial charge in [-0.2, -0.15) is 0 Å². The highest BCUT2D eigenvalue weighted by Gasteiger charge is 2.06. The van der Waals surface area contributed by atoms with Crippen LogP contribution in [-0.4, -0.2) is 17.2 Å². The van der Waals surface area contributed by atoms with Gasteiger partial charge in [-0.25, -0.2) is 4.98 Å². The molecule has 0 unspecified atom stereocenters. The number of hydrogen-bond donors (Lipinski definition) is 2. The molecule has 0 aliphatic rings. The number of nitrogen functional groups attached to an aromatic ring is 1. The lowest BCUT2D eigenvalue weighted by atomic mass is 10.1. The van der Waals surface area contributed by atoms with E-state index in [-0.39, 0.29) is 5.75 Å². The van der Waals surface area contributed by atoms with Crippen molar-refractivity contribution < 1.29 is 9.84 Å². The second-order valence-corrected chi connectivity index (χ2v) is 2.95. The minimum atomic E-state index is 0.170. The van der Waals surface area contributed by atoms with Crippen LogP contribution in [0.4, 0.5) is 5.69 Å². The molecule has 2 aromatic rings. The first-order valence-corrected chi connectivity index (χ1v) is 4.13. The molecule has 0 saturated carbocycles. The van der Waals surface area contributed by atoms with Crippen molar-refractivity contribution in [2.75, 3.05) is 12.8 Å². The van der Waals surface area contributed by atoms with E-state index >= 15 is 0 Å². The van der Waals surface area contributed by atoms with Crippen LogP contribution in [0.25, 0.3) is 10.8 Å². The van der Waals surface area contributed by atoms with Crippen LogP contribution in [0.5, 0.6) is 11.6 Å². The lowest BCUT2D eigenvalue weighted by Crippen LogP contribution is -1.93. The molecule has 1 heterocycles. The Morgan fingerprint density at radius 3 is 2.86 bits per heavy atom. The smallest absolute Gasteiger partial charge is 0.221 e. The second kappa shape index (κ2) is 3.06. The quantitative estimate of drug-likeness (QED) is 0.715. The Bertz CT molecular complexity index is 483. The number of nitrogens with zero attached hydrogens (tertiary/aromatic N) is 1. The van der Waals surface area contributed by atoms with Crippen LogP contribution in [0.1, 0.15) is 0 Å². The van der Waals surface area contributed by atoms with Gasteiger partial charge < -0.3 is 15.6 Å². The molecular formula is C10H10N2O2. The van der Waals surface area contributed by atoms with Gasteiger partial charge in [-0.05, 0) is 18.2 Å². The van der Waals surface area contributed by atoms with E-state index in [0.717, 1.165) is 5.39 Å². The van der Waals surface area contributed by atoms with E-state index in [1.54, 1.807) is 18.2 Å². The van der Waals surface area contributed by atoms with Gasteiger partial charge in [0.25, 0.3) is 0 Å². The van der Waals surface area contributed by atoms with E-state index < -0.39 is 0 Å². The number of hydrogen-bond acceptors (Lipinski definition) is 4. The topological polar surface area (TPSA) is 68.4 Å². The average molecular weight is 190 g/mol. The van der Waals surface area contributed by atoms with Gasteiger partial charge in [-0.3, -0.25) is 0 Å². The van der Waals surface area contributed by atoms with Gasteiger partial charge in [0.05, 0.1) is 19.0 Å². The van der Waals surface area contributed by atoms with Crippen molar-refractivity contribution in [2.45, 2.75) is 0 Å². The molecule has 72 valence electrons. The van der Waals surface area contributed by atoms with Gasteiger partial charge in [0, 0.05) is 10.8 Å². The van der Waals surface area contributed by atoms with E-state index in [9.17, 15) is 5.11 Å². The molecule has 0 fully saturated rings. The van der Waals surface area contributed by atoms with Crippen LogP contribution >= 0.6 is 0 Å². The molecule has 0 aliphatic heterocycles. The van der Waals surface area contributed by atoms with Gasteiger partial charge in [0.2, 0.25) is 5.88 Å². The molecule has 0 bridgehead atoms. The van der Waals surface area contributed by atoms with Crippen molar-refractivity contribution in [2.24, 2.45) is 0 Å². The molecular weight excluding hydrogens is 180 g/mol. The first kappa shape index (κ1) is 8.62. The van der Waals surface area contributed by atoms with Gasteiger partial charge in [-0.15, -0.1) is 0 Å². The Morgan fingerprint density at radius 1 is 1.36 bits per heavy atom. The highest BCUT2D eigenvalue weighted by molar-refractivity contribution is 5.96. The number of phenols is 1. The Kier molecular flexibility index (Phi) is 1.89. The Morgan fingerprint density at radius 2 is 2.14 bits per heavy atom. The first-order valence-electron chi connectivity index (χ1n) is 4.13. The summed E-state index contributed by atoms with van der Waals surface area (Å²) < 4.78 is 5.06. The molecule has 1 aromatic carbocycles. The predicted octanol–water partition coefficient (Wildman–Crippen LogP) is 1.53. The minimum Gasteiger partial charge on any atom is -0.508 e. The third-order valence-corrected chi connectivity index (χ3v) is 2.06. The zero-order valence-corrected chi connectivity index (χ0v) is 7.69. The number of methoxy groups -OCH3 is 1. The summed E-state index contributed by atoms with van der Waals surface area (Å²) in [5, 5.41) is 10.9. The summed E-state index contributed by atoms with van der Waals surface area (Å²) in [4.78, 5) is 4.01. The highest BCUT2D eigenvalue weighted by Crippen LogP contribution is 2.30. The van der Waals surface area contributed by atoms with Crippen LogP contribution in [-0.2, 0) is 0 Å². The van der Waals surface area contributed by atoms with Gasteiger partial charge >= 0.3 is 0 Å². The van der Waals surface area contributed by atoms with Crippen LogP contribution in [0.2, 0.25) is 0 Å². The summed E-state index contributed by atoms with van der Waals surface area (Å²) in [7, 11) is 1.53. The van der Waals surface area contributed by atoms with Crippen LogP contribution in [0.3, 0.4) is 0 Å². The summed E-state index contributed by atoms with van der Waals surface area (Å²) in [5.41, 5.74) is 6.30. The van der Waals surface area contributed by atoms with Crippen molar-refractivity contribution in [3.8, 4) is 11.6 Å². The lowest BCUT2D eigenvalue weighted by Gasteiger charge is -2.06. The predicted molar refractivity (Wildman–Crippen MR) is 54.4 cm³/mol. The molecule has 0 atom stereocenters. The zero-order chi connectivity index (χ0) is 10.1. The van der Waals surface area contributed by atoms with Gasteiger partial charge in [0.15, 0.2) is 0 Å². The maximum atomic E-state index is 9.32. The normalized spacial score (nSPS) is 10.4. The summed E-state index contributed by atoms with van der Waals surface area (Å²) in [6.45, 7) is 0. The number of rotatable bonds is 1. The number of nitrogens with two attached hydrogens (primary N) is 1. The zero-order valence-electron chi connectivity index (χ0n) is 7.69. The monoisotopic (exact) mass is 190 g/mol. The molecule has 0 aliphatic carbocycles. The van der Waals surface area contributed by atoms with Crippen molar-refractivity contribution >= 4 is 16.5 Å². The Hall–Kier alpha value is -1.97. The molecule has 1 aromatic heterocycles. The molecule has 2 rings (SSSR count). The van der Waals surface area contributed by atoms with Gasteiger partial charge in [-0.1, -0.05) is 0 Å². The Balaban J connectivity index is 2.85. The van der Waals surface area contributed by atoms with Crippen molar-refractivity contribution in [1.82, 2.24) is 4.98 Å². The fourth-order valence-corrected chi connectivity index (χ4v) is 1.39. The molecule has 0 saturated heterocycles. The fourth-order valence-electron chi connectivity index (χ4n) is 1.39. The summed E-state index contributed by atoms with van der Waals surface area (Å²) in [6.07, 6.45) is 1.54. The number of pyridine rings is 1. The number of benzene rings is 1. The highest BCUT2D eigenvalue weighted by atomic mass is 16.5. The maximum Gasteiger partial charge on any atom is 0.221 e. The number of phenolic OH excluding ortho intramolecular Hbond substituents is 1. The van der Waals surface area contributed by atoms with E-state index in [1.165, 1.54) is 13.3 Å². The second-order valence-electron chi connectivity index (χ2n) is 2.95. The number of fused-ring (bicyclic) bond motifs is 1. The largest absolute Gasteiger partial charge is 0.508 e. The number of aromatic nitrogens is 1. The molecule has 0 radical (unpaired) electrons.